The molecule has 0 saturated heterocycles. The Balaban J connectivity index is 2.23. The fourth-order valence-corrected chi connectivity index (χ4v) is 2.12. The van der Waals surface area contributed by atoms with E-state index in [-0.39, 0.29) is 11.5 Å². The summed E-state index contributed by atoms with van der Waals surface area (Å²) in [6, 6.07) is 12.5. The van der Waals surface area contributed by atoms with Crippen molar-refractivity contribution in [3.63, 3.8) is 0 Å². The van der Waals surface area contributed by atoms with Gasteiger partial charge in [-0.1, -0.05) is 36.4 Å². The molecule has 22 heavy (non-hydrogen) atoms. The van der Waals surface area contributed by atoms with Crippen LogP contribution in [0.5, 0.6) is 11.5 Å². The third-order valence-electron chi connectivity index (χ3n) is 3.27. The molecule has 0 atom stereocenters. The standard InChI is InChI=1S/C19H18O3/c1-3-6-15-8-5-10-17(19(15)21)18(20)12-11-14-7-4-9-16(13-14)22-2/h3-5,7-13,21H,1,6H2,2H3/b12-11+. The van der Waals surface area contributed by atoms with Crippen LogP contribution in [0.1, 0.15) is 21.5 Å². The lowest BCUT2D eigenvalue weighted by atomic mass is 10.0. The maximum atomic E-state index is 12.2. The van der Waals surface area contributed by atoms with E-state index in [1.54, 1.807) is 37.5 Å². The average molecular weight is 294 g/mol. The first kappa shape index (κ1) is 15.6. The van der Waals surface area contributed by atoms with Crippen LogP contribution < -0.4 is 4.74 Å². The highest BCUT2D eigenvalue weighted by molar-refractivity contribution is 6.08. The van der Waals surface area contributed by atoms with E-state index in [1.165, 1.54) is 6.08 Å². The highest BCUT2D eigenvalue weighted by Gasteiger charge is 2.11. The number of para-hydroxylation sites is 1. The number of aromatic hydroxyl groups is 1. The number of ketones is 1. The topological polar surface area (TPSA) is 46.5 Å². The lowest BCUT2D eigenvalue weighted by Crippen LogP contribution is -1.97. The number of methoxy groups -OCH3 is 1. The quantitative estimate of drug-likeness (QED) is 0.497. The zero-order valence-electron chi connectivity index (χ0n) is 12.5. The van der Waals surface area contributed by atoms with Crippen molar-refractivity contribution in [3.05, 3.63) is 77.9 Å². The number of carbonyl (C=O) groups excluding carboxylic acids is 1. The molecule has 1 N–H and O–H groups in total. The Labute approximate surface area is 130 Å². The van der Waals surface area contributed by atoms with Crippen LogP contribution in [0.2, 0.25) is 0 Å². The summed E-state index contributed by atoms with van der Waals surface area (Å²) in [5.41, 5.74) is 1.84. The normalized spacial score (nSPS) is 10.6. The van der Waals surface area contributed by atoms with Crippen LogP contribution in [0.25, 0.3) is 6.08 Å². The van der Waals surface area contributed by atoms with E-state index in [0.717, 1.165) is 11.3 Å². The van der Waals surface area contributed by atoms with Crippen LogP contribution in [0.15, 0.2) is 61.2 Å². The third-order valence-corrected chi connectivity index (χ3v) is 3.27. The van der Waals surface area contributed by atoms with Crippen LogP contribution in [-0.4, -0.2) is 18.0 Å². The number of allylic oxidation sites excluding steroid dienone is 2. The summed E-state index contributed by atoms with van der Waals surface area (Å²) in [4.78, 5) is 12.2. The molecule has 0 fully saturated rings. The van der Waals surface area contributed by atoms with Crippen LogP contribution in [0, 0.1) is 0 Å². The fourth-order valence-electron chi connectivity index (χ4n) is 2.12. The van der Waals surface area contributed by atoms with Crippen LogP contribution in [0.3, 0.4) is 0 Å². The maximum Gasteiger partial charge on any atom is 0.189 e. The molecule has 0 aliphatic heterocycles. The van der Waals surface area contributed by atoms with E-state index in [1.807, 2.05) is 24.3 Å². The second-order valence-corrected chi connectivity index (χ2v) is 4.78. The monoisotopic (exact) mass is 294 g/mol. The predicted molar refractivity (Wildman–Crippen MR) is 88.4 cm³/mol. The first-order chi connectivity index (χ1) is 10.7. The number of phenolic OH excluding ortho intramolecular Hbond substituents is 1. The Morgan fingerprint density at radius 3 is 2.77 bits per heavy atom. The molecule has 2 aromatic carbocycles. The summed E-state index contributed by atoms with van der Waals surface area (Å²) >= 11 is 0. The molecular formula is C19H18O3. The smallest absolute Gasteiger partial charge is 0.189 e. The van der Waals surface area contributed by atoms with Crippen molar-refractivity contribution in [2.45, 2.75) is 6.42 Å². The van der Waals surface area contributed by atoms with E-state index in [4.69, 9.17) is 4.74 Å². The molecule has 0 aromatic heterocycles. The maximum absolute atomic E-state index is 12.2. The number of carbonyl (C=O) groups is 1. The van der Waals surface area contributed by atoms with Crippen molar-refractivity contribution in [1.82, 2.24) is 0 Å². The summed E-state index contributed by atoms with van der Waals surface area (Å²) in [7, 11) is 1.59. The summed E-state index contributed by atoms with van der Waals surface area (Å²) in [5, 5.41) is 10.1. The largest absolute Gasteiger partial charge is 0.507 e. The highest BCUT2D eigenvalue weighted by atomic mass is 16.5. The number of rotatable bonds is 6. The first-order valence-corrected chi connectivity index (χ1v) is 6.94. The Hall–Kier alpha value is -2.81. The van der Waals surface area contributed by atoms with E-state index in [2.05, 4.69) is 6.58 Å². The molecule has 2 aromatic rings. The van der Waals surface area contributed by atoms with Gasteiger partial charge < -0.3 is 9.84 Å². The zero-order chi connectivity index (χ0) is 15.9. The Morgan fingerprint density at radius 1 is 1.27 bits per heavy atom. The molecule has 0 spiro atoms. The van der Waals surface area contributed by atoms with E-state index in [0.29, 0.717) is 17.5 Å². The second kappa shape index (κ2) is 7.27. The molecule has 0 amide bonds. The average Bonchev–Trinajstić information content (AvgIpc) is 2.55. The lowest BCUT2D eigenvalue weighted by Gasteiger charge is -2.05. The molecule has 0 heterocycles. The molecule has 0 radical (unpaired) electrons. The molecular weight excluding hydrogens is 276 g/mol. The van der Waals surface area contributed by atoms with Gasteiger partial charge in [-0.05, 0) is 41.8 Å². The Morgan fingerprint density at radius 2 is 2.05 bits per heavy atom. The van der Waals surface area contributed by atoms with Crippen molar-refractivity contribution in [3.8, 4) is 11.5 Å². The van der Waals surface area contributed by atoms with Crippen LogP contribution in [-0.2, 0) is 6.42 Å². The van der Waals surface area contributed by atoms with Gasteiger partial charge in [0.05, 0.1) is 12.7 Å². The van der Waals surface area contributed by atoms with Gasteiger partial charge in [0.15, 0.2) is 5.78 Å². The van der Waals surface area contributed by atoms with Gasteiger partial charge in [-0.25, -0.2) is 0 Å². The van der Waals surface area contributed by atoms with Crippen molar-refractivity contribution in [2.75, 3.05) is 7.11 Å². The molecule has 0 aliphatic carbocycles. The second-order valence-electron chi connectivity index (χ2n) is 4.78. The minimum Gasteiger partial charge on any atom is -0.507 e. The van der Waals surface area contributed by atoms with Gasteiger partial charge in [-0.15, -0.1) is 6.58 Å². The highest BCUT2D eigenvalue weighted by Crippen LogP contribution is 2.24. The van der Waals surface area contributed by atoms with Gasteiger partial charge in [-0.2, -0.15) is 0 Å². The van der Waals surface area contributed by atoms with Crippen molar-refractivity contribution in [2.24, 2.45) is 0 Å². The van der Waals surface area contributed by atoms with Crippen molar-refractivity contribution >= 4 is 11.9 Å². The molecule has 0 saturated carbocycles. The van der Waals surface area contributed by atoms with Gasteiger partial charge in [0.25, 0.3) is 0 Å². The number of hydrogen-bond acceptors (Lipinski definition) is 3. The summed E-state index contributed by atoms with van der Waals surface area (Å²) in [5.74, 6) is 0.499. The minimum absolute atomic E-state index is 0.0164. The molecule has 3 nitrogen and oxygen atoms in total. The van der Waals surface area contributed by atoms with Crippen LogP contribution in [0.4, 0.5) is 0 Å². The van der Waals surface area contributed by atoms with E-state index >= 15 is 0 Å². The zero-order valence-corrected chi connectivity index (χ0v) is 12.5. The molecule has 0 aliphatic rings. The molecule has 2 rings (SSSR count). The minimum atomic E-state index is -0.244. The number of phenols is 1. The summed E-state index contributed by atoms with van der Waals surface area (Å²) in [6.07, 6.45) is 5.36. The summed E-state index contributed by atoms with van der Waals surface area (Å²) < 4.78 is 5.14. The van der Waals surface area contributed by atoms with Gasteiger partial charge in [0, 0.05) is 0 Å². The molecule has 112 valence electrons. The predicted octanol–water partition coefficient (Wildman–Crippen LogP) is 4.03. The number of ether oxygens (including phenoxy) is 1. The van der Waals surface area contributed by atoms with Crippen molar-refractivity contribution < 1.29 is 14.6 Å². The molecule has 3 heteroatoms. The van der Waals surface area contributed by atoms with Crippen LogP contribution >= 0.6 is 0 Å². The van der Waals surface area contributed by atoms with Gasteiger partial charge >= 0.3 is 0 Å². The Bertz CT molecular complexity index is 714. The lowest BCUT2D eigenvalue weighted by molar-refractivity contribution is 0.104. The molecule has 0 bridgehead atoms. The van der Waals surface area contributed by atoms with E-state index in [9.17, 15) is 9.90 Å². The third kappa shape index (κ3) is 3.64. The SMILES string of the molecule is C=CCc1cccc(C(=O)/C=C/c2cccc(OC)c2)c1O. The van der Waals surface area contributed by atoms with Gasteiger partial charge in [0.1, 0.15) is 11.5 Å². The Kier molecular flexibility index (Phi) is 5.15. The number of hydrogen-bond donors (Lipinski definition) is 1. The summed E-state index contributed by atoms with van der Waals surface area (Å²) in [6.45, 7) is 3.64. The fraction of sp³-hybridized carbons (Fsp3) is 0.105. The van der Waals surface area contributed by atoms with E-state index < -0.39 is 0 Å². The molecule has 0 unspecified atom stereocenters. The van der Waals surface area contributed by atoms with Gasteiger partial charge in [-0.3, -0.25) is 4.79 Å². The first-order valence-electron chi connectivity index (χ1n) is 6.94. The van der Waals surface area contributed by atoms with Gasteiger partial charge in [0.2, 0.25) is 0 Å². The van der Waals surface area contributed by atoms with Crippen molar-refractivity contribution in [1.29, 1.82) is 0 Å². The number of benzene rings is 2.